The fraction of sp³-hybridized carbons (Fsp3) is 0.286. The first-order valence-electron chi connectivity index (χ1n) is 9.17. The molecule has 0 unspecified atom stereocenters. The van der Waals surface area contributed by atoms with Gasteiger partial charge in [0, 0.05) is 6.42 Å². The summed E-state index contributed by atoms with van der Waals surface area (Å²) in [6, 6.07) is 14.0. The van der Waals surface area contributed by atoms with Crippen LogP contribution in [0.25, 0.3) is 0 Å². The van der Waals surface area contributed by atoms with Crippen molar-refractivity contribution in [3.8, 4) is 11.5 Å². The summed E-state index contributed by atoms with van der Waals surface area (Å²) < 4.78 is 13.5. The number of nitrogens with zero attached hydrogens (tertiary/aromatic N) is 3. The first kappa shape index (κ1) is 19.8. The van der Waals surface area contributed by atoms with Crippen molar-refractivity contribution in [3.63, 3.8) is 0 Å². The van der Waals surface area contributed by atoms with Gasteiger partial charge in [-0.1, -0.05) is 36.8 Å². The molecule has 7 heteroatoms. The molecule has 0 saturated carbocycles. The molecule has 0 atom stereocenters. The minimum Gasteiger partial charge on any atom is -0.493 e. The number of benzene rings is 2. The fourth-order valence-corrected chi connectivity index (χ4v) is 2.88. The van der Waals surface area contributed by atoms with E-state index in [0.717, 1.165) is 29.8 Å². The number of hydrogen-bond donors (Lipinski definition) is 1. The van der Waals surface area contributed by atoms with E-state index in [1.807, 2.05) is 18.2 Å². The van der Waals surface area contributed by atoms with Gasteiger partial charge in [-0.15, -0.1) is 0 Å². The molecule has 3 aromatic rings. The van der Waals surface area contributed by atoms with Crippen molar-refractivity contribution in [2.24, 2.45) is 5.10 Å². The average molecular weight is 397 g/mol. The van der Waals surface area contributed by atoms with Crippen molar-refractivity contribution in [2.75, 3.05) is 7.11 Å². The Morgan fingerprint density at radius 1 is 1.18 bits per heavy atom. The average Bonchev–Trinajstić information content (AvgIpc) is 3.05. The Labute approximate surface area is 169 Å². The van der Waals surface area contributed by atoms with Crippen molar-refractivity contribution in [1.29, 1.82) is 0 Å². The summed E-state index contributed by atoms with van der Waals surface area (Å²) in [6.45, 7) is 4.62. The number of rotatable bonds is 8. The van der Waals surface area contributed by atoms with Gasteiger partial charge in [0.1, 0.15) is 6.61 Å². The predicted molar refractivity (Wildman–Crippen MR) is 113 cm³/mol. The van der Waals surface area contributed by atoms with Crippen molar-refractivity contribution in [3.05, 3.63) is 69.8 Å². The Hall–Kier alpha value is -2.93. The van der Waals surface area contributed by atoms with E-state index in [1.165, 1.54) is 5.56 Å². The highest BCUT2D eigenvalue weighted by molar-refractivity contribution is 7.71. The third-order valence-corrected chi connectivity index (χ3v) is 4.48. The van der Waals surface area contributed by atoms with E-state index < -0.39 is 0 Å². The van der Waals surface area contributed by atoms with Crippen molar-refractivity contribution < 1.29 is 9.47 Å². The summed E-state index contributed by atoms with van der Waals surface area (Å²) >= 11 is 5.26. The number of H-pyrrole nitrogens is 1. The highest BCUT2D eigenvalue weighted by atomic mass is 32.1. The largest absolute Gasteiger partial charge is 0.493 e. The molecule has 0 radical (unpaired) electrons. The zero-order valence-electron chi connectivity index (χ0n) is 16.3. The maximum atomic E-state index is 5.99. The Balaban J connectivity index is 1.79. The van der Waals surface area contributed by atoms with E-state index in [0.29, 0.717) is 22.9 Å². The number of aryl methyl sites for hydroxylation is 2. The smallest absolute Gasteiger partial charge is 0.216 e. The number of ether oxygens (including phenoxy) is 2. The second-order valence-corrected chi connectivity index (χ2v) is 6.82. The zero-order chi connectivity index (χ0) is 19.9. The van der Waals surface area contributed by atoms with Gasteiger partial charge in [0.2, 0.25) is 4.77 Å². The monoisotopic (exact) mass is 396 g/mol. The zero-order valence-corrected chi connectivity index (χ0v) is 17.1. The molecule has 0 bridgehead atoms. The number of hydrogen-bond acceptors (Lipinski definition) is 5. The van der Waals surface area contributed by atoms with E-state index in [9.17, 15) is 0 Å². The molecule has 146 valence electrons. The van der Waals surface area contributed by atoms with Gasteiger partial charge in [-0.25, -0.2) is 0 Å². The van der Waals surface area contributed by atoms with Crippen LogP contribution in [-0.4, -0.2) is 28.2 Å². The number of aromatic amines is 1. The summed E-state index contributed by atoms with van der Waals surface area (Å²) in [7, 11) is 1.63. The van der Waals surface area contributed by atoms with Crippen LogP contribution in [0.2, 0.25) is 0 Å². The van der Waals surface area contributed by atoms with Crippen LogP contribution in [0.5, 0.6) is 11.5 Å². The van der Waals surface area contributed by atoms with Crippen LogP contribution in [0.3, 0.4) is 0 Å². The Kier molecular flexibility index (Phi) is 6.60. The standard InChI is InChI=1S/C21H24N4O2S/c1-4-5-20-23-24-21(28)25(20)22-13-17-10-11-18(26-3)19(12-17)27-14-16-8-6-15(2)7-9-16/h6-13H,4-5,14H2,1-3H3,(H,24,28)/b22-13-. The van der Waals surface area contributed by atoms with E-state index in [1.54, 1.807) is 18.0 Å². The molecule has 0 aliphatic carbocycles. The minimum atomic E-state index is 0.463. The first-order chi connectivity index (χ1) is 13.6. The molecule has 1 heterocycles. The lowest BCUT2D eigenvalue weighted by Crippen LogP contribution is -2.00. The predicted octanol–water partition coefficient (Wildman–Crippen LogP) is 4.67. The van der Waals surface area contributed by atoms with Crippen molar-refractivity contribution in [1.82, 2.24) is 14.9 Å². The summed E-state index contributed by atoms with van der Waals surface area (Å²) in [4.78, 5) is 0. The van der Waals surface area contributed by atoms with Gasteiger partial charge in [-0.3, -0.25) is 5.10 Å². The maximum absolute atomic E-state index is 5.99. The van der Waals surface area contributed by atoms with Crippen LogP contribution in [0, 0.1) is 11.7 Å². The highest BCUT2D eigenvalue weighted by Gasteiger charge is 2.07. The number of nitrogens with one attached hydrogen (secondary N) is 1. The molecule has 3 rings (SSSR count). The van der Waals surface area contributed by atoms with Crippen LogP contribution in [0.1, 0.15) is 35.9 Å². The molecule has 28 heavy (non-hydrogen) atoms. The third kappa shape index (κ3) is 4.86. The quantitative estimate of drug-likeness (QED) is 0.444. The Morgan fingerprint density at radius 2 is 1.96 bits per heavy atom. The molecule has 0 saturated heterocycles. The van der Waals surface area contributed by atoms with E-state index >= 15 is 0 Å². The van der Waals surface area contributed by atoms with Crippen molar-refractivity contribution in [2.45, 2.75) is 33.3 Å². The molecule has 0 spiro atoms. The molecule has 2 aromatic carbocycles. The normalized spacial score (nSPS) is 11.1. The highest BCUT2D eigenvalue weighted by Crippen LogP contribution is 2.28. The molecule has 6 nitrogen and oxygen atoms in total. The molecular weight excluding hydrogens is 372 g/mol. The molecule has 1 aromatic heterocycles. The summed E-state index contributed by atoms with van der Waals surface area (Å²) in [5.41, 5.74) is 3.20. The Morgan fingerprint density at radius 3 is 2.68 bits per heavy atom. The second-order valence-electron chi connectivity index (χ2n) is 6.44. The number of methoxy groups -OCH3 is 1. The SMILES string of the molecule is CCCc1n[nH]c(=S)n1/N=C\c1ccc(OC)c(OCc2ccc(C)cc2)c1. The summed E-state index contributed by atoms with van der Waals surface area (Å²) in [5.74, 6) is 2.15. The van der Waals surface area contributed by atoms with E-state index in [2.05, 4.69) is 53.4 Å². The molecule has 1 N–H and O–H groups in total. The topological polar surface area (TPSA) is 64.4 Å². The van der Waals surface area contributed by atoms with Gasteiger partial charge >= 0.3 is 0 Å². The van der Waals surface area contributed by atoms with Gasteiger partial charge in [0.25, 0.3) is 0 Å². The van der Waals surface area contributed by atoms with Gasteiger partial charge in [-0.2, -0.15) is 14.9 Å². The molecule has 0 fully saturated rings. The van der Waals surface area contributed by atoms with Crippen LogP contribution in [-0.2, 0) is 13.0 Å². The Bertz CT molecular complexity index is 1010. The molecule has 0 aliphatic rings. The second kappa shape index (κ2) is 9.32. The fourth-order valence-electron chi connectivity index (χ4n) is 2.68. The number of aromatic nitrogens is 3. The van der Waals surface area contributed by atoms with Gasteiger partial charge < -0.3 is 9.47 Å². The van der Waals surface area contributed by atoms with Crippen LogP contribution >= 0.6 is 12.2 Å². The van der Waals surface area contributed by atoms with E-state index in [4.69, 9.17) is 21.7 Å². The summed E-state index contributed by atoms with van der Waals surface area (Å²) in [5, 5.41) is 11.5. The minimum absolute atomic E-state index is 0.463. The molecule has 0 aliphatic heterocycles. The lowest BCUT2D eigenvalue weighted by atomic mass is 10.1. The maximum Gasteiger partial charge on any atom is 0.216 e. The van der Waals surface area contributed by atoms with Crippen LogP contribution in [0.15, 0.2) is 47.6 Å². The first-order valence-corrected chi connectivity index (χ1v) is 9.58. The third-order valence-electron chi connectivity index (χ3n) is 4.22. The lowest BCUT2D eigenvalue weighted by molar-refractivity contribution is 0.284. The van der Waals surface area contributed by atoms with Gasteiger partial charge in [-0.05, 0) is 54.9 Å². The molecular formula is C21H24N4O2S. The van der Waals surface area contributed by atoms with Gasteiger partial charge in [0.05, 0.1) is 13.3 Å². The lowest BCUT2D eigenvalue weighted by Gasteiger charge is -2.11. The summed E-state index contributed by atoms with van der Waals surface area (Å²) in [6.07, 6.45) is 3.51. The van der Waals surface area contributed by atoms with Crippen LogP contribution in [0.4, 0.5) is 0 Å². The van der Waals surface area contributed by atoms with E-state index in [-0.39, 0.29) is 0 Å². The molecule has 0 amide bonds. The van der Waals surface area contributed by atoms with Crippen molar-refractivity contribution >= 4 is 18.4 Å². The van der Waals surface area contributed by atoms with Crippen LogP contribution < -0.4 is 9.47 Å². The van der Waals surface area contributed by atoms with Gasteiger partial charge in [0.15, 0.2) is 17.3 Å².